The molecule has 400 valence electrons. The van der Waals surface area contributed by atoms with E-state index in [1.54, 1.807) is 36.8 Å². The summed E-state index contributed by atoms with van der Waals surface area (Å²) in [4.78, 5) is 95.7. The van der Waals surface area contributed by atoms with Crippen LogP contribution in [0.1, 0.15) is 111 Å². The number of benzene rings is 1. The molecule has 0 radical (unpaired) electrons. The number of fused-ring (bicyclic) bond motifs is 2. The third kappa shape index (κ3) is 14.5. The Kier molecular flexibility index (Phi) is 20.2. The number of methoxy groups -OCH3 is 1. The highest BCUT2D eigenvalue weighted by Crippen LogP contribution is 2.40. The van der Waals surface area contributed by atoms with Gasteiger partial charge in [-0.05, 0) is 102 Å². The molecule has 2 aliphatic rings. The van der Waals surface area contributed by atoms with Crippen LogP contribution in [-0.4, -0.2) is 150 Å². The number of hydrogen-bond donors (Lipinski definition) is 4. The van der Waals surface area contributed by atoms with Crippen LogP contribution >= 0.6 is 11.3 Å². The van der Waals surface area contributed by atoms with Crippen molar-refractivity contribution in [2.75, 3.05) is 59.5 Å². The molecule has 3 aromatic rings. The fourth-order valence-electron chi connectivity index (χ4n) is 8.04. The van der Waals surface area contributed by atoms with Gasteiger partial charge in [-0.2, -0.15) is 4.31 Å². The van der Waals surface area contributed by atoms with Crippen molar-refractivity contribution >= 4 is 84.5 Å². The first-order valence-corrected chi connectivity index (χ1v) is 27.5. The number of aryl methyl sites for hydroxylation is 1. The second kappa shape index (κ2) is 25.4. The molecular formula is C48H64N6O16S3. The quantitative estimate of drug-likeness (QED) is 0.0312. The van der Waals surface area contributed by atoms with Gasteiger partial charge >= 0.3 is 23.9 Å². The molecule has 2 aromatic heterocycles. The maximum Gasteiger partial charge on any atom is 0.347 e. The van der Waals surface area contributed by atoms with Crippen molar-refractivity contribution in [2.45, 2.75) is 114 Å². The molecule has 1 aliphatic carbocycles. The Morgan fingerprint density at radius 2 is 1.60 bits per heavy atom. The van der Waals surface area contributed by atoms with Crippen LogP contribution in [0, 0.1) is 13.8 Å². The van der Waals surface area contributed by atoms with Gasteiger partial charge in [-0.25, -0.2) is 31.1 Å². The molecule has 0 bridgehead atoms. The number of amides is 2. The number of aromatic amines is 1. The highest BCUT2D eigenvalue weighted by Gasteiger charge is 2.41. The lowest BCUT2D eigenvalue weighted by atomic mass is 10.0. The van der Waals surface area contributed by atoms with Crippen molar-refractivity contribution in [1.82, 2.24) is 29.5 Å². The Labute approximate surface area is 428 Å². The summed E-state index contributed by atoms with van der Waals surface area (Å²) < 4.78 is 81.7. The molecule has 0 unspecified atom stereocenters. The smallest absolute Gasteiger partial charge is 0.347 e. The number of rotatable bonds is 25. The summed E-state index contributed by atoms with van der Waals surface area (Å²) in [5.41, 5.74) is 4.22. The molecule has 4 atom stereocenters. The number of nitrogens with zero attached hydrogens (tertiary/aromatic N) is 2. The number of H-pyrrole nitrogens is 1. The summed E-state index contributed by atoms with van der Waals surface area (Å²) in [5, 5.41) is 6.13. The lowest BCUT2D eigenvalue weighted by Gasteiger charge is -2.32. The number of nitrogens with one attached hydrogen (secondary N) is 4. The van der Waals surface area contributed by atoms with E-state index in [-0.39, 0.29) is 46.7 Å². The average molecular weight is 1080 g/mol. The first-order chi connectivity index (χ1) is 34.4. The molecule has 0 saturated carbocycles. The van der Waals surface area contributed by atoms with E-state index >= 15 is 0 Å². The summed E-state index contributed by atoms with van der Waals surface area (Å²) >= 11 is 0.471. The summed E-state index contributed by atoms with van der Waals surface area (Å²) in [7, 11) is -7.25. The first-order valence-electron chi connectivity index (χ1n) is 23.8. The van der Waals surface area contributed by atoms with E-state index < -0.39 is 91.2 Å². The zero-order valence-electron chi connectivity index (χ0n) is 42.3. The lowest BCUT2D eigenvalue weighted by molar-refractivity contribution is -0.179. The monoisotopic (exact) mass is 1080 g/mol. The van der Waals surface area contributed by atoms with E-state index in [9.17, 15) is 50.4 Å². The Morgan fingerprint density at radius 3 is 2.26 bits per heavy atom. The minimum absolute atomic E-state index is 0.0484. The number of ketones is 1. The second-order valence-corrected chi connectivity index (χ2v) is 22.4. The number of carbonyl (C=O) groups excluding carboxylic acids is 7. The van der Waals surface area contributed by atoms with Crippen LogP contribution in [-0.2, 0) is 74.2 Å². The van der Waals surface area contributed by atoms with Gasteiger partial charge in [-0.1, -0.05) is 26.8 Å². The molecule has 0 saturated heterocycles. The van der Waals surface area contributed by atoms with Gasteiger partial charge < -0.3 is 44.2 Å². The summed E-state index contributed by atoms with van der Waals surface area (Å²) in [6.07, 6.45) is -3.74. The van der Waals surface area contributed by atoms with E-state index in [4.69, 9.17) is 23.7 Å². The molecule has 1 aromatic carbocycles. The number of sulfonamides is 2. The van der Waals surface area contributed by atoms with Crippen molar-refractivity contribution in [3.05, 3.63) is 63.5 Å². The molecular weight excluding hydrogens is 1010 g/mol. The number of hydrogen-bond acceptors (Lipinski definition) is 19. The minimum atomic E-state index is -4.66. The fraction of sp³-hybridized carbons (Fsp3) is 0.521. The van der Waals surface area contributed by atoms with Crippen LogP contribution < -0.4 is 20.1 Å². The molecule has 1 aliphatic heterocycles. The highest BCUT2D eigenvalue weighted by molar-refractivity contribution is 7.94. The van der Waals surface area contributed by atoms with Crippen molar-refractivity contribution in [1.29, 1.82) is 0 Å². The van der Waals surface area contributed by atoms with Gasteiger partial charge in [0.1, 0.15) is 14.2 Å². The van der Waals surface area contributed by atoms with Gasteiger partial charge in [-0.3, -0.25) is 24.0 Å². The number of aromatic nitrogens is 1. The highest BCUT2D eigenvalue weighted by atomic mass is 32.3. The molecule has 3 heterocycles. The summed E-state index contributed by atoms with van der Waals surface area (Å²) in [6.45, 7) is 16.7. The van der Waals surface area contributed by atoms with Crippen LogP contribution in [0.4, 0.5) is 0 Å². The minimum Gasteiger partial charge on any atom is -0.451 e. The van der Waals surface area contributed by atoms with Gasteiger partial charge in [0.25, 0.3) is 31.9 Å². The van der Waals surface area contributed by atoms with Gasteiger partial charge in [0.15, 0.2) is 24.1 Å². The average Bonchev–Trinajstić information content (AvgIpc) is 4.01. The Hall–Kier alpha value is -5.83. The first kappa shape index (κ1) is 58.1. The molecule has 25 heteroatoms. The maximum atomic E-state index is 13.5. The normalized spacial score (nSPS) is 17.0. The number of carbonyl (C=O) groups is 7. The predicted molar refractivity (Wildman–Crippen MR) is 266 cm³/mol. The maximum absolute atomic E-state index is 13.5. The molecule has 0 fully saturated rings. The fourth-order valence-corrected chi connectivity index (χ4v) is 13.0. The van der Waals surface area contributed by atoms with E-state index in [0.29, 0.717) is 83.2 Å². The van der Waals surface area contributed by atoms with E-state index in [0.717, 1.165) is 33.9 Å². The van der Waals surface area contributed by atoms with Gasteiger partial charge in [0.05, 0.1) is 18.4 Å². The van der Waals surface area contributed by atoms with Crippen molar-refractivity contribution < 1.29 is 74.1 Å². The van der Waals surface area contributed by atoms with Crippen molar-refractivity contribution in [2.24, 2.45) is 0 Å². The van der Waals surface area contributed by atoms with E-state index in [1.165, 1.54) is 23.5 Å². The van der Waals surface area contributed by atoms with Gasteiger partial charge in [0, 0.05) is 74.9 Å². The van der Waals surface area contributed by atoms with Crippen LogP contribution in [0.25, 0.3) is 11.6 Å². The van der Waals surface area contributed by atoms with Crippen LogP contribution in [0.3, 0.4) is 0 Å². The van der Waals surface area contributed by atoms with Crippen LogP contribution in [0.5, 0.6) is 5.75 Å². The third-order valence-corrected chi connectivity index (χ3v) is 17.4. The van der Waals surface area contributed by atoms with Crippen LogP contribution in [0.15, 0.2) is 32.7 Å². The zero-order valence-corrected chi connectivity index (χ0v) is 44.8. The predicted octanol–water partition coefficient (Wildman–Crippen LogP) is 3.11. The molecule has 4 N–H and O–H groups in total. The number of Topliss-reactive ketones (excluding diaryl/α,β-unsaturated/α-hetero) is 1. The number of thiophene rings is 1. The summed E-state index contributed by atoms with van der Waals surface area (Å²) in [6, 6.07) is 5.36. The largest absolute Gasteiger partial charge is 0.451 e. The molecule has 5 rings (SSSR count). The van der Waals surface area contributed by atoms with Gasteiger partial charge in [0.2, 0.25) is 0 Å². The van der Waals surface area contributed by atoms with Gasteiger partial charge in [-0.15, -0.1) is 11.3 Å². The molecule has 0 spiro atoms. The van der Waals surface area contributed by atoms with Crippen molar-refractivity contribution in [3.8, 4) is 5.75 Å². The Bertz CT molecular complexity index is 2830. The summed E-state index contributed by atoms with van der Waals surface area (Å²) in [5.74, 6) is -5.81. The molecule has 73 heavy (non-hydrogen) atoms. The van der Waals surface area contributed by atoms with Crippen molar-refractivity contribution in [3.63, 3.8) is 0 Å². The second-order valence-electron chi connectivity index (χ2n) is 17.3. The number of esters is 4. The molecule has 2 amide bonds. The number of allylic oxidation sites excluding steroid dienone is 1. The molecule has 22 nitrogen and oxygen atoms in total. The topological polar surface area (TPSA) is 292 Å². The Morgan fingerprint density at radius 1 is 0.945 bits per heavy atom. The Balaban J connectivity index is 1.09. The van der Waals surface area contributed by atoms with E-state index in [2.05, 4.69) is 34.4 Å². The number of ether oxygens (including phenoxy) is 5. The standard InChI is InChI=1S/C48H64N6O16S3/c1-10-49-38-26-54(19-13-21-66-9)73(64,65)48-36(38)25-42(71-48)72(62,63)52-44(58)29(6)68-47(61)31(8)69-46(60)30(7)67-40(56)16-17-41(57)70-33-15-14-32-22-39(55)35(34(32)23-33)24-37-27(4)43(28(5)51-37)45(59)50-18-20-53(11-2)12-3/h14-15,23-25,29-31,38,49,51H,10-13,16-22,26H2,1-9H3,(H,50,59)(H,52,58)/b35-24+/t29-,30-,31-,38-/m0/s1. The van der Waals surface area contributed by atoms with Crippen LogP contribution in [0.2, 0.25) is 0 Å². The SMILES string of the molecule is CCN[C@H]1CN(CCCOC)S(=O)(=O)c2sc(S(=O)(=O)NC(=O)[C@H](C)OC(=O)[C@H](C)OC(=O)[C@H](C)OC(=O)CCC(=O)Oc3ccc4c(c3)/C(=C\c3[nH]c(C)c(C(=O)NCCN(CC)CC)c3C)C(=O)C4)cc21. The lowest BCUT2D eigenvalue weighted by Crippen LogP contribution is -2.43. The van der Waals surface area contributed by atoms with E-state index in [1.807, 2.05) is 6.92 Å². The number of likely N-dealkylation sites (N-methyl/N-ethyl adjacent to an activating group) is 2. The zero-order chi connectivity index (χ0) is 53.9. The third-order valence-electron chi connectivity index (χ3n) is 12.1.